The highest BCUT2D eigenvalue weighted by atomic mass is 16.7. The van der Waals surface area contributed by atoms with Crippen LogP contribution in [0.1, 0.15) is 64.8 Å². The van der Waals surface area contributed by atoms with Crippen molar-refractivity contribution in [2.24, 2.45) is 5.92 Å². The smallest absolute Gasteiger partial charge is 0.102 e. The zero-order valence-electron chi connectivity index (χ0n) is 15.9. The van der Waals surface area contributed by atoms with Crippen molar-refractivity contribution in [1.29, 1.82) is 0 Å². The average molecular weight is 325 g/mol. The SMILES string of the molecule is CC(C)[C@H](c1ccccc1)N(O[C@@H](C)c1ccccc1)C(C)(C)C. The number of hydroxylamine groups is 2. The van der Waals surface area contributed by atoms with E-state index in [1.165, 1.54) is 11.1 Å². The van der Waals surface area contributed by atoms with Crippen LogP contribution in [0, 0.1) is 5.92 Å². The summed E-state index contributed by atoms with van der Waals surface area (Å²) in [6.07, 6.45) is 0.00962. The quantitative estimate of drug-likeness (QED) is 0.588. The second-order valence-electron chi connectivity index (χ2n) is 7.75. The number of hydrogen-bond acceptors (Lipinski definition) is 2. The summed E-state index contributed by atoms with van der Waals surface area (Å²) in [5, 5.41) is 2.19. The highest BCUT2D eigenvalue weighted by Crippen LogP contribution is 2.36. The van der Waals surface area contributed by atoms with Crippen molar-refractivity contribution in [2.75, 3.05) is 0 Å². The Morgan fingerprint density at radius 2 is 1.21 bits per heavy atom. The Morgan fingerprint density at radius 3 is 1.62 bits per heavy atom. The van der Waals surface area contributed by atoms with Crippen molar-refractivity contribution < 1.29 is 4.84 Å². The molecule has 0 fully saturated rings. The molecular weight excluding hydrogens is 294 g/mol. The molecule has 2 nitrogen and oxygen atoms in total. The molecule has 0 N–H and O–H groups in total. The van der Waals surface area contributed by atoms with Crippen molar-refractivity contribution in [3.05, 3.63) is 71.8 Å². The summed E-state index contributed by atoms with van der Waals surface area (Å²) in [6, 6.07) is 21.3. The van der Waals surface area contributed by atoms with E-state index in [1.807, 2.05) is 6.07 Å². The molecule has 0 aromatic heterocycles. The minimum atomic E-state index is -0.103. The summed E-state index contributed by atoms with van der Waals surface area (Å²) in [5.41, 5.74) is 2.39. The summed E-state index contributed by atoms with van der Waals surface area (Å²) in [4.78, 5) is 6.51. The number of benzene rings is 2. The number of rotatable bonds is 6. The van der Waals surface area contributed by atoms with E-state index >= 15 is 0 Å². The summed E-state index contributed by atoms with van der Waals surface area (Å²) < 4.78 is 0. The third kappa shape index (κ3) is 4.68. The van der Waals surface area contributed by atoms with Crippen LogP contribution < -0.4 is 0 Å². The first-order valence-corrected chi connectivity index (χ1v) is 8.86. The largest absolute Gasteiger partial charge is 0.290 e. The van der Waals surface area contributed by atoms with E-state index in [-0.39, 0.29) is 17.7 Å². The molecule has 0 spiro atoms. The first-order valence-electron chi connectivity index (χ1n) is 8.86. The van der Waals surface area contributed by atoms with Gasteiger partial charge in [-0.05, 0) is 44.7 Å². The van der Waals surface area contributed by atoms with E-state index in [9.17, 15) is 0 Å². The molecule has 130 valence electrons. The van der Waals surface area contributed by atoms with Crippen LogP contribution in [0.15, 0.2) is 60.7 Å². The lowest BCUT2D eigenvalue weighted by molar-refractivity contribution is -0.272. The topological polar surface area (TPSA) is 12.5 Å². The van der Waals surface area contributed by atoms with Gasteiger partial charge < -0.3 is 0 Å². The molecule has 2 heteroatoms. The Hall–Kier alpha value is -1.64. The number of nitrogens with zero attached hydrogens (tertiary/aromatic N) is 1. The maximum atomic E-state index is 6.51. The molecule has 0 radical (unpaired) electrons. The second-order valence-corrected chi connectivity index (χ2v) is 7.75. The highest BCUT2D eigenvalue weighted by molar-refractivity contribution is 5.20. The predicted molar refractivity (Wildman–Crippen MR) is 102 cm³/mol. The van der Waals surface area contributed by atoms with Gasteiger partial charge in [-0.25, -0.2) is 0 Å². The molecule has 0 aliphatic rings. The molecule has 2 atom stereocenters. The molecule has 0 aliphatic carbocycles. The monoisotopic (exact) mass is 325 g/mol. The minimum absolute atomic E-state index is 0.00962. The van der Waals surface area contributed by atoms with Crippen molar-refractivity contribution in [3.8, 4) is 0 Å². The van der Waals surface area contributed by atoms with E-state index < -0.39 is 0 Å². The molecule has 0 bridgehead atoms. The van der Waals surface area contributed by atoms with Crippen LogP contribution in [-0.4, -0.2) is 10.6 Å². The van der Waals surface area contributed by atoms with Gasteiger partial charge in [0.1, 0.15) is 6.10 Å². The molecular formula is C22H31NO. The molecule has 0 unspecified atom stereocenters. The van der Waals surface area contributed by atoms with Gasteiger partial charge in [-0.3, -0.25) is 4.84 Å². The van der Waals surface area contributed by atoms with Crippen LogP contribution in [0.25, 0.3) is 0 Å². The van der Waals surface area contributed by atoms with Gasteiger partial charge in [0, 0.05) is 5.54 Å². The van der Waals surface area contributed by atoms with E-state index in [0.717, 1.165) is 0 Å². The third-order valence-electron chi connectivity index (χ3n) is 4.23. The lowest BCUT2D eigenvalue weighted by atomic mass is 9.92. The molecule has 0 saturated heterocycles. The fourth-order valence-corrected chi connectivity index (χ4v) is 3.04. The van der Waals surface area contributed by atoms with Gasteiger partial charge in [0.25, 0.3) is 0 Å². The molecule has 0 heterocycles. The average Bonchev–Trinajstić information content (AvgIpc) is 2.55. The van der Waals surface area contributed by atoms with Crippen molar-refractivity contribution in [1.82, 2.24) is 5.06 Å². The third-order valence-corrected chi connectivity index (χ3v) is 4.23. The van der Waals surface area contributed by atoms with Crippen LogP contribution in [0.4, 0.5) is 0 Å². The first kappa shape index (κ1) is 18.7. The predicted octanol–water partition coefficient (Wildman–Crippen LogP) is 6.18. The summed E-state index contributed by atoms with van der Waals surface area (Å²) in [7, 11) is 0. The molecule has 0 saturated carbocycles. The molecule has 2 rings (SSSR count). The van der Waals surface area contributed by atoms with Gasteiger partial charge >= 0.3 is 0 Å². The highest BCUT2D eigenvalue weighted by Gasteiger charge is 2.34. The van der Waals surface area contributed by atoms with Gasteiger partial charge in [-0.2, -0.15) is 5.06 Å². The lowest BCUT2D eigenvalue weighted by Gasteiger charge is -2.43. The van der Waals surface area contributed by atoms with Crippen LogP contribution in [-0.2, 0) is 4.84 Å². The Bertz CT molecular complexity index is 601. The maximum absolute atomic E-state index is 6.51. The minimum Gasteiger partial charge on any atom is -0.290 e. The van der Waals surface area contributed by atoms with Gasteiger partial charge in [0.2, 0.25) is 0 Å². The Kier molecular flexibility index (Phi) is 6.20. The van der Waals surface area contributed by atoms with Crippen LogP contribution >= 0.6 is 0 Å². The zero-order chi connectivity index (χ0) is 17.7. The standard InChI is InChI=1S/C22H31NO/c1-17(2)21(20-15-11-8-12-16-20)23(22(4,5)6)24-18(3)19-13-9-7-10-14-19/h7-18,21H,1-6H3/t18-,21+/m0/s1. The van der Waals surface area contributed by atoms with Gasteiger partial charge in [0.05, 0.1) is 6.04 Å². The Balaban J connectivity index is 2.33. The molecule has 2 aromatic rings. The van der Waals surface area contributed by atoms with E-state index in [0.29, 0.717) is 5.92 Å². The summed E-state index contributed by atoms with van der Waals surface area (Å²) >= 11 is 0. The van der Waals surface area contributed by atoms with E-state index in [4.69, 9.17) is 4.84 Å². The Labute approximate surface area is 147 Å². The summed E-state index contributed by atoms with van der Waals surface area (Å²) in [5.74, 6) is 0.439. The molecule has 2 aromatic carbocycles. The van der Waals surface area contributed by atoms with E-state index in [1.54, 1.807) is 0 Å². The maximum Gasteiger partial charge on any atom is 0.102 e. The lowest BCUT2D eigenvalue weighted by Crippen LogP contribution is -2.46. The fourth-order valence-electron chi connectivity index (χ4n) is 3.04. The first-order chi connectivity index (χ1) is 11.3. The second kappa shape index (κ2) is 7.96. The van der Waals surface area contributed by atoms with Crippen LogP contribution in [0.2, 0.25) is 0 Å². The zero-order valence-corrected chi connectivity index (χ0v) is 15.9. The molecule has 0 aliphatic heterocycles. The molecule has 0 amide bonds. The van der Waals surface area contributed by atoms with Gasteiger partial charge in [-0.1, -0.05) is 74.5 Å². The summed E-state index contributed by atoms with van der Waals surface area (Å²) in [6.45, 7) is 13.3. The van der Waals surface area contributed by atoms with Crippen molar-refractivity contribution >= 4 is 0 Å². The normalized spacial score (nSPS) is 14.8. The van der Waals surface area contributed by atoms with Gasteiger partial charge in [0.15, 0.2) is 0 Å². The van der Waals surface area contributed by atoms with Gasteiger partial charge in [-0.15, -0.1) is 0 Å². The van der Waals surface area contributed by atoms with Crippen molar-refractivity contribution in [2.45, 2.75) is 59.2 Å². The fraction of sp³-hybridized carbons (Fsp3) is 0.455. The van der Waals surface area contributed by atoms with Crippen molar-refractivity contribution in [3.63, 3.8) is 0 Å². The number of hydrogen-bond donors (Lipinski definition) is 0. The van der Waals surface area contributed by atoms with E-state index in [2.05, 4.69) is 101 Å². The van der Waals surface area contributed by atoms with Crippen LogP contribution in [0.3, 0.4) is 0 Å². The molecule has 24 heavy (non-hydrogen) atoms. The Morgan fingerprint density at radius 1 is 0.750 bits per heavy atom. The van der Waals surface area contributed by atoms with Crippen LogP contribution in [0.5, 0.6) is 0 Å².